The Morgan fingerprint density at radius 3 is 2.64 bits per heavy atom. The number of carbonyl (C=O) groups excluding carboxylic acids is 1. The van der Waals surface area contributed by atoms with Gasteiger partial charge in [-0.2, -0.15) is 0 Å². The Bertz CT molecular complexity index is 1080. The van der Waals surface area contributed by atoms with E-state index in [1.165, 1.54) is 6.07 Å². The van der Waals surface area contributed by atoms with E-state index in [0.29, 0.717) is 28.8 Å². The summed E-state index contributed by atoms with van der Waals surface area (Å²) < 4.78 is 11.5. The predicted molar refractivity (Wildman–Crippen MR) is 109 cm³/mol. The van der Waals surface area contributed by atoms with Gasteiger partial charge in [-0.3, -0.25) is 9.59 Å². The summed E-state index contributed by atoms with van der Waals surface area (Å²) in [5.74, 6) is 0.365. The van der Waals surface area contributed by atoms with E-state index in [2.05, 4.69) is 5.32 Å². The van der Waals surface area contributed by atoms with Gasteiger partial charge in [0.1, 0.15) is 11.3 Å². The van der Waals surface area contributed by atoms with E-state index in [-0.39, 0.29) is 17.4 Å². The maximum absolute atomic E-state index is 12.5. The summed E-state index contributed by atoms with van der Waals surface area (Å²) in [6.07, 6.45) is 2.15. The molecule has 4 rings (SSSR count). The smallest absolute Gasteiger partial charge is 0.251 e. The fourth-order valence-electron chi connectivity index (χ4n) is 3.65. The maximum Gasteiger partial charge on any atom is 0.251 e. The van der Waals surface area contributed by atoms with Crippen LogP contribution in [0.3, 0.4) is 0 Å². The molecule has 0 radical (unpaired) electrons. The van der Waals surface area contributed by atoms with Crippen LogP contribution in [0.15, 0.2) is 51.7 Å². The van der Waals surface area contributed by atoms with Crippen molar-refractivity contribution in [1.29, 1.82) is 0 Å². The second kappa shape index (κ2) is 7.60. The van der Waals surface area contributed by atoms with Crippen molar-refractivity contribution in [2.24, 2.45) is 0 Å². The van der Waals surface area contributed by atoms with Gasteiger partial charge in [0.25, 0.3) is 5.91 Å². The van der Waals surface area contributed by atoms with Crippen LogP contribution < -0.4 is 10.7 Å². The minimum atomic E-state index is -0.131. The van der Waals surface area contributed by atoms with Gasteiger partial charge in [0.15, 0.2) is 5.43 Å². The predicted octanol–water partition coefficient (Wildman–Crippen LogP) is 3.99. The summed E-state index contributed by atoms with van der Waals surface area (Å²) in [7, 11) is 0. The van der Waals surface area contributed by atoms with Gasteiger partial charge in [0, 0.05) is 30.3 Å². The molecule has 1 aliphatic rings. The first-order valence-corrected chi connectivity index (χ1v) is 9.56. The molecule has 5 heteroatoms. The van der Waals surface area contributed by atoms with Crippen LogP contribution in [0.2, 0.25) is 0 Å². The number of aryl methyl sites for hydroxylation is 2. The molecule has 0 aliphatic carbocycles. The highest BCUT2D eigenvalue weighted by atomic mass is 16.5. The third kappa shape index (κ3) is 3.71. The van der Waals surface area contributed by atoms with Crippen molar-refractivity contribution in [1.82, 2.24) is 5.32 Å². The zero-order valence-electron chi connectivity index (χ0n) is 16.1. The summed E-state index contributed by atoms with van der Waals surface area (Å²) in [6.45, 7) is 5.19. The highest BCUT2D eigenvalue weighted by Gasteiger charge is 2.17. The van der Waals surface area contributed by atoms with Gasteiger partial charge in [-0.1, -0.05) is 18.2 Å². The molecule has 1 aromatic heterocycles. The lowest BCUT2D eigenvalue weighted by molar-refractivity contribution is 0.0858. The second-order valence-corrected chi connectivity index (χ2v) is 7.36. The highest BCUT2D eigenvalue weighted by Crippen LogP contribution is 2.25. The van der Waals surface area contributed by atoms with Gasteiger partial charge >= 0.3 is 0 Å². The normalized spacial score (nSPS) is 16.4. The Morgan fingerprint density at radius 1 is 1.14 bits per heavy atom. The number of fused-ring (bicyclic) bond motifs is 1. The number of nitrogens with one attached hydrogen (secondary N) is 1. The number of hydrogen-bond donors (Lipinski definition) is 1. The molecule has 1 amide bonds. The Labute approximate surface area is 163 Å². The van der Waals surface area contributed by atoms with Gasteiger partial charge in [-0.15, -0.1) is 0 Å². The largest absolute Gasteiger partial charge is 0.456 e. The molecule has 1 saturated heterocycles. The molecule has 28 heavy (non-hydrogen) atoms. The van der Waals surface area contributed by atoms with E-state index in [1.54, 1.807) is 24.3 Å². The molecular weight excluding hydrogens is 354 g/mol. The van der Waals surface area contributed by atoms with E-state index in [0.717, 1.165) is 36.1 Å². The van der Waals surface area contributed by atoms with E-state index in [9.17, 15) is 9.59 Å². The fraction of sp³-hybridized carbons (Fsp3) is 0.304. The summed E-state index contributed by atoms with van der Waals surface area (Å²) in [6, 6.07) is 12.4. The molecule has 5 nitrogen and oxygen atoms in total. The number of ether oxygens (including phenoxy) is 1. The monoisotopic (exact) mass is 377 g/mol. The van der Waals surface area contributed by atoms with Gasteiger partial charge in [-0.25, -0.2) is 0 Å². The minimum absolute atomic E-state index is 0.0681. The molecule has 0 spiro atoms. The van der Waals surface area contributed by atoms with E-state index >= 15 is 0 Å². The van der Waals surface area contributed by atoms with E-state index in [4.69, 9.17) is 9.15 Å². The van der Waals surface area contributed by atoms with Crippen molar-refractivity contribution in [3.05, 3.63) is 69.4 Å². The quantitative estimate of drug-likeness (QED) is 0.747. The number of amides is 1. The molecule has 0 bridgehead atoms. The number of carbonyl (C=O) groups is 1. The molecular formula is C23H23NO4. The van der Waals surface area contributed by atoms with Gasteiger partial charge < -0.3 is 14.5 Å². The molecule has 3 aromatic rings. The Morgan fingerprint density at radius 2 is 1.93 bits per heavy atom. The first-order valence-electron chi connectivity index (χ1n) is 9.56. The van der Waals surface area contributed by atoms with Crippen molar-refractivity contribution in [2.45, 2.75) is 32.8 Å². The van der Waals surface area contributed by atoms with Crippen LogP contribution in [-0.4, -0.2) is 25.2 Å². The van der Waals surface area contributed by atoms with Crippen LogP contribution in [0.4, 0.5) is 0 Å². The molecule has 144 valence electrons. The average Bonchev–Trinajstić information content (AvgIpc) is 3.20. The zero-order chi connectivity index (χ0) is 19.7. The molecule has 2 aromatic carbocycles. The maximum atomic E-state index is 12.5. The van der Waals surface area contributed by atoms with Crippen LogP contribution in [0.1, 0.15) is 34.3 Å². The van der Waals surface area contributed by atoms with Crippen LogP contribution >= 0.6 is 0 Å². The second-order valence-electron chi connectivity index (χ2n) is 7.36. The van der Waals surface area contributed by atoms with Crippen molar-refractivity contribution < 1.29 is 13.9 Å². The average molecular weight is 377 g/mol. The standard InChI is InChI=1S/C23H23NO4/c1-14-10-15(2)22-19(11-14)20(25)12-21(28-22)16-5-7-17(8-6-16)23(26)24-13-18-4-3-9-27-18/h5-8,10-12,18H,3-4,9,13H2,1-2H3,(H,24,26). The van der Waals surface area contributed by atoms with Crippen molar-refractivity contribution in [3.8, 4) is 11.3 Å². The summed E-state index contributed by atoms with van der Waals surface area (Å²) >= 11 is 0. The first-order chi connectivity index (χ1) is 13.5. The van der Waals surface area contributed by atoms with Gasteiger partial charge in [0.2, 0.25) is 0 Å². The lowest BCUT2D eigenvalue weighted by atomic mass is 10.1. The zero-order valence-corrected chi connectivity index (χ0v) is 16.1. The third-order valence-electron chi connectivity index (χ3n) is 5.10. The topological polar surface area (TPSA) is 68.5 Å². The first kappa shape index (κ1) is 18.4. The lowest BCUT2D eigenvalue weighted by Crippen LogP contribution is -2.31. The Hall–Kier alpha value is -2.92. The summed E-state index contributed by atoms with van der Waals surface area (Å²) in [4.78, 5) is 24.8. The summed E-state index contributed by atoms with van der Waals surface area (Å²) in [5, 5.41) is 3.50. The molecule has 1 N–H and O–H groups in total. The molecule has 2 heterocycles. The number of hydrogen-bond acceptors (Lipinski definition) is 4. The Balaban J connectivity index is 1.56. The van der Waals surface area contributed by atoms with Crippen LogP contribution in [0.5, 0.6) is 0 Å². The highest BCUT2D eigenvalue weighted by molar-refractivity contribution is 5.94. The van der Waals surface area contributed by atoms with Crippen molar-refractivity contribution >= 4 is 16.9 Å². The minimum Gasteiger partial charge on any atom is -0.456 e. The van der Waals surface area contributed by atoms with E-state index < -0.39 is 0 Å². The SMILES string of the molecule is Cc1cc(C)c2oc(-c3ccc(C(=O)NCC4CCCO4)cc3)cc(=O)c2c1. The fourth-order valence-corrected chi connectivity index (χ4v) is 3.65. The van der Waals surface area contributed by atoms with Crippen molar-refractivity contribution in [3.63, 3.8) is 0 Å². The van der Waals surface area contributed by atoms with Crippen LogP contribution in [0.25, 0.3) is 22.3 Å². The van der Waals surface area contributed by atoms with Gasteiger partial charge in [-0.05, 0) is 56.0 Å². The summed E-state index contributed by atoms with van der Waals surface area (Å²) in [5.41, 5.74) is 3.82. The Kier molecular flexibility index (Phi) is 5.01. The van der Waals surface area contributed by atoms with Crippen LogP contribution in [-0.2, 0) is 4.74 Å². The molecule has 0 saturated carbocycles. The number of benzene rings is 2. The third-order valence-corrected chi connectivity index (χ3v) is 5.10. The van der Waals surface area contributed by atoms with Crippen LogP contribution in [0, 0.1) is 13.8 Å². The number of rotatable bonds is 4. The van der Waals surface area contributed by atoms with E-state index in [1.807, 2.05) is 26.0 Å². The van der Waals surface area contributed by atoms with Gasteiger partial charge in [0.05, 0.1) is 11.5 Å². The lowest BCUT2D eigenvalue weighted by Gasteiger charge is -2.11. The van der Waals surface area contributed by atoms with Crippen molar-refractivity contribution in [2.75, 3.05) is 13.2 Å². The molecule has 1 atom stereocenters. The molecule has 1 unspecified atom stereocenters. The molecule has 1 fully saturated rings. The molecule has 1 aliphatic heterocycles.